The number of hydrogen-bond acceptors (Lipinski definition) is 4. The maximum atomic E-state index is 13.2. The molecule has 1 heterocycles. The molecule has 1 saturated heterocycles. The van der Waals surface area contributed by atoms with Crippen molar-refractivity contribution in [2.24, 2.45) is 0 Å². The first-order valence-corrected chi connectivity index (χ1v) is 11.8. The van der Waals surface area contributed by atoms with E-state index in [4.69, 9.17) is 0 Å². The molecule has 0 aromatic heterocycles. The van der Waals surface area contributed by atoms with Gasteiger partial charge in [0.2, 0.25) is 10.0 Å². The monoisotopic (exact) mass is 417 g/mol. The predicted molar refractivity (Wildman–Crippen MR) is 113 cm³/mol. The molecule has 0 spiro atoms. The number of rotatable bonds is 5. The minimum absolute atomic E-state index is 0.0636. The molecule has 1 aliphatic carbocycles. The molecule has 2 aromatic rings. The van der Waals surface area contributed by atoms with Crippen molar-refractivity contribution in [2.45, 2.75) is 42.7 Å². The highest BCUT2D eigenvalue weighted by Crippen LogP contribution is 2.27. The van der Waals surface area contributed by atoms with Gasteiger partial charge in [-0.1, -0.05) is 31.0 Å². The molecule has 156 valence electrons. The van der Waals surface area contributed by atoms with Gasteiger partial charge in [0.1, 0.15) is 5.82 Å². The Bertz CT molecular complexity index is 897. The molecule has 2 aliphatic rings. The largest absolute Gasteiger partial charge is 0.369 e. The number of halogens is 1. The van der Waals surface area contributed by atoms with Gasteiger partial charge in [-0.25, -0.2) is 17.5 Å². The van der Waals surface area contributed by atoms with Gasteiger partial charge in [0.15, 0.2) is 0 Å². The fourth-order valence-corrected chi connectivity index (χ4v) is 5.84. The number of sulfonamides is 1. The molecule has 1 saturated carbocycles. The lowest BCUT2D eigenvalue weighted by atomic mass is 9.89. The highest BCUT2D eigenvalue weighted by molar-refractivity contribution is 7.89. The first-order valence-electron chi connectivity index (χ1n) is 10.3. The normalized spacial score (nSPS) is 23.8. The van der Waals surface area contributed by atoms with Gasteiger partial charge in [-0.3, -0.25) is 4.90 Å². The van der Waals surface area contributed by atoms with E-state index in [0.717, 1.165) is 57.5 Å². The van der Waals surface area contributed by atoms with Crippen molar-refractivity contribution in [3.05, 3.63) is 60.4 Å². The summed E-state index contributed by atoms with van der Waals surface area (Å²) < 4.78 is 41.8. The third-order valence-corrected chi connectivity index (χ3v) is 7.57. The summed E-state index contributed by atoms with van der Waals surface area (Å²) in [4.78, 5) is 5.02. The molecule has 7 heteroatoms. The molecule has 29 heavy (non-hydrogen) atoms. The van der Waals surface area contributed by atoms with E-state index >= 15 is 0 Å². The number of hydrogen-bond donors (Lipinski definition) is 1. The first-order chi connectivity index (χ1) is 14.0. The Labute approximate surface area is 172 Å². The van der Waals surface area contributed by atoms with Gasteiger partial charge in [0.25, 0.3) is 0 Å². The van der Waals surface area contributed by atoms with E-state index in [9.17, 15) is 12.8 Å². The lowest BCUT2D eigenvalue weighted by Crippen LogP contribution is -2.58. The second-order valence-corrected chi connectivity index (χ2v) is 9.61. The van der Waals surface area contributed by atoms with E-state index in [-0.39, 0.29) is 17.9 Å². The van der Waals surface area contributed by atoms with Gasteiger partial charge < -0.3 is 4.90 Å². The van der Waals surface area contributed by atoms with E-state index < -0.39 is 10.0 Å². The summed E-state index contributed by atoms with van der Waals surface area (Å²) in [6, 6.07) is 15.4. The van der Waals surface area contributed by atoms with Crippen molar-refractivity contribution in [3.8, 4) is 0 Å². The Balaban J connectivity index is 1.41. The fraction of sp³-hybridized carbons (Fsp3) is 0.455. The Kier molecular flexibility index (Phi) is 6.18. The molecule has 4 rings (SSSR count). The van der Waals surface area contributed by atoms with Gasteiger partial charge in [-0.05, 0) is 49.2 Å². The summed E-state index contributed by atoms with van der Waals surface area (Å²) in [6.07, 6.45) is 4.06. The Morgan fingerprint density at radius 3 is 2.21 bits per heavy atom. The summed E-state index contributed by atoms with van der Waals surface area (Å²) in [6.45, 7) is 3.48. The van der Waals surface area contributed by atoms with Crippen LogP contribution in [-0.4, -0.2) is 51.6 Å². The van der Waals surface area contributed by atoms with Crippen LogP contribution in [0.5, 0.6) is 0 Å². The van der Waals surface area contributed by atoms with E-state index in [0.29, 0.717) is 4.90 Å². The molecule has 0 amide bonds. The van der Waals surface area contributed by atoms with Crippen molar-refractivity contribution >= 4 is 15.7 Å². The van der Waals surface area contributed by atoms with Crippen molar-refractivity contribution in [1.82, 2.24) is 9.62 Å². The van der Waals surface area contributed by atoms with E-state index in [2.05, 4.69) is 14.5 Å². The number of nitrogens with one attached hydrogen (secondary N) is 1. The molecule has 2 fully saturated rings. The lowest BCUT2D eigenvalue weighted by Gasteiger charge is -2.44. The van der Waals surface area contributed by atoms with Crippen molar-refractivity contribution < 1.29 is 12.8 Å². The molecule has 1 aliphatic heterocycles. The molecule has 0 unspecified atom stereocenters. The van der Waals surface area contributed by atoms with Crippen LogP contribution in [0.15, 0.2) is 59.5 Å². The number of nitrogens with zero attached hydrogens (tertiary/aromatic N) is 2. The third kappa shape index (κ3) is 4.79. The van der Waals surface area contributed by atoms with Crippen LogP contribution < -0.4 is 9.62 Å². The highest BCUT2D eigenvalue weighted by atomic mass is 32.2. The van der Waals surface area contributed by atoms with Crippen molar-refractivity contribution in [3.63, 3.8) is 0 Å². The van der Waals surface area contributed by atoms with E-state index in [1.54, 1.807) is 24.3 Å². The second-order valence-electron chi connectivity index (χ2n) is 7.89. The Morgan fingerprint density at radius 2 is 1.52 bits per heavy atom. The predicted octanol–water partition coefficient (Wildman–Crippen LogP) is 3.24. The SMILES string of the molecule is O=S(=O)(N[C@H]1CCCC[C@H]1N1CCN(c2ccc(F)cc2)CC1)c1ccccc1. The zero-order chi connectivity index (χ0) is 20.3. The minimum Gasteiger partial charge on any atom is -0.369 e. The Hall–Kier alpha value is -1.96. The average Bonchev–Trinajstić information content (AvgIpc) is 2.75. The molecule has 2 aromatic carbocycles. The van der Waals surface area contributed by atoms with Crippen LogP contribution in [0, 0.1) is 5.82 Å². The van der Waals surface area contributed by atoms with Crippen LogP contribution in [0.3, 0.4) is 0 Å². The maximum absolute atomic E-state index is 13.2. The van der Waals surface area contributed by atoms with Gasteiger partial charge in [0, 0.05) is 44.0 Å². The molecular formula is C22H28FN3O2S. The van der Waals surface area contributed by atoms with Gasteiger partial charge in [0.05, 0.1) is 4.90 Å². The van der Waals surface area contributed by atoms with E-state index in [1.807, 2.05) is 18.2 Å². The fourth-order valence-electron chi connectivity index (χ4n) is 4.52. The van der Waals surface area contributed by atoms with Gasteiger partial charge >= 0.3 is 0 Å². The number of benzene rings is 2. The number of piperazine rings is 1. The summed E-state index contributed by atoms with van der Waals surface area (Å²) >= 11 is 0. The minimum atomic E-state index is -3.51. The zero-order valence-electron chi connectivity index (χ0n) is 16.5. The van der Waals surface area contributed by atoms with E-state index in [1.165, 1.54) is 12.1 Å². The molecular weight excluding hydrogens is 389 g/mol. The smallest absolute Gasteiger partial charge is 0.240 e. The summed E-state index contributed by atoms with van der Waals surface area (Å²) in [5.74, 6) is -0.219. The van der Waals surface area contributed by atoms with Crippen molar-refractivity contribution in [2.75, 3.05) is 31.1 Å². The van der Waals surface area contributed by atoms with Crippen LogP contribution in [0.1, 0.15) is 25.7 Å². The zero-order valence-corrected chi connectivity index (χ0v) is 17.3. The van der Waals surface area contributed by atoms with Gasteiger partial charge in [-0.15, -0.1) is 0 Å². The third-order valence-electron chi connectivity index (χ3n) is 6.06. The maximum Gasteiger partial charge on any atom is 0.240 e. The van der Waals surface area contributed by atoms with Crippen molar-refractivity contribution in [1.29, 1.82) is 0 Å². The first kappa shape index (κ1) is 20.3. The molecule has 1 N–H and O–H groups in total. The quantitative estimate of drug-likeness (QED) is 0.812. The van der Waals surface area contributed by atoms with Crippen LogP contribution in [0.25, 0.3) is 0 Å². The summed E-state index contributed by atoms with van der Waals surface area (Å²) in [5.41, 5.74) is 1.04. The molecule has 5 nitrogen and oxygen atoms in total. The van der Waals surface area contributed by atoms with Gasteiger partial charge in [-0.2, -0.15) is 0 Å². The van der Waals surface area contributed by atoms with Crippen LogP contribution in [0.4, 0.5) is 10.1 Å². The lowest BCUT2D eigenvalue weighted by molar-refractivity contribution is 0.124. The van der Waals surface area contributed by atoms with Crippen LogP contribution in [-0.2, 0) is 10.0 Å². The standard InChI is InChI=1S/C22H28FN3O2S/c23-18-10-12-19(13-11-18)25-14-16-26(17-15-25)22-9-5-4-8-21(22)24-29(27,28)20-6-2-1-3-7-20/h1-3,6-7,10-13,21-22,24H,4-5,8-9,14-17H2/t21-,22+/m0/s1. The summed E-state index contributed by atoms with van der Waals surface area (Å²) in [5, 5.41) is 0. The van der Waals surface area contributed by atoms with Crippen LogP contribution in [0.2, 0.25) is 0 Å². The summed E-state index contributed by atoms with van der Waals surface area (Å²) in [7, 11) is -3.51. The highest BCUT2D eigenvalue weighted by Gasteiger charge is 2.34. The second kappa shape index (κ2) is 8.81. The number of anilines is 1. The molecule has 2 atom stereocenters. The molecule has 0 bridgehead atoms. The average molecular weight is 418 g/mol. The Morgan fingerprint density at radius 1 is 0.862 bits per heavy atom. The van der Waals surface area contributed by atoms with Crippen LogP contribution >= 0.6 is 0 Å². The topological polar surface area (TPSA) is 52.7 Å². The molecule has 0 radical (unpaired) electrons.